The number of carboxylic acid groups (broad SMARTS) is 1. The van der Waals surface area contributed by atoms with Gasteiger partial charge < -0.3 is 15.5 Å². The van der Waals surface area contributed by atoms with E-state index in [4.69, 9.17) is 5.11 Å². The second-order valence-electron chi connectivity index (χ2n) is 5.67. The fraction of sp³-hybridized carbons (Fsp3) is 0.500. The van der Waals surface area contributed by atoms with Gasteiger partial charge in [0.05, 0.1) is 12.0 Å². The van der Waals surface area contributed by atoms with Crippen LogP contribution in [0.3, 0.4) is 0 Å². The molecule has 0 aliphatic carbocycles. The van der Waals surface area contributed by atoms with Crippen LogP contribution in [-0.2, 0) is 16.0 Å². The van der Waals surface area contributed by atoms with Crippen LogP contribution in [0.2, 0.25) is 0 Å². The summed E-state index contributed by atoms with van der Waals surface area (Å²) in [5.41, 5.74) is 0.332. The Kier molecular flexibility index (Phi) is 5.90. The molecule has 0 aliphatic rings. The normalized spacial score (nSPS) is 13.8. The molecule has 0 radical (unpaired) electrons. The van der Waals surface area contributed by atoms with Gasteiger partial charge in [-0.15, -0.1) is 0 Å². The molecule has 5 nitrogen and oxygen atoms in total. The van der Waals surface area contributed by atoms with Gasteiger partial charge in [-0.1, -0.05) is 32.0 Å². The minimum absolute atomic E-state index is 0.160. The third-order valence-electron chi connectivity index (χ3n) is 3.69. The first-order valence-electron chi connectivity index (χ1n) is 7.04. The van der Waals surface area contributed by atoms with E-state index in [0.717, 1.165) is 5.56 Å². The van der Waals surface area contributed by atoms with E-state index in [-0.39, 0.29) is 18.2 Å². The number of carbonyl (C=O) groups is 2. The van der Waals surface area contributed by atoms with Gasteiger partial charge in [0, 0.05) is 12.6 Å². The molecule has 1 rings (SSSR count). The summed E-state index contributed by atoms with van der Waals surface area (Å²) in [6.45, 7) is 5.05. The Morgan fingerprint density at radius 1 is 1.29 bits per heavy atom. The lowest BCUT2D eigenvalue weighted by atomic mass is 9.82. The van der Waals surface area contributed by atoms with Crippen LogP contribution in [0.15, 0.2) is 24.3 Å². The van der Waals surface area contributed by atoms with Crippen molar-refractivity contribution >= 4 is 17.6 Å². The minimum atomic E-state index is -1.25. The van der Waals surface area contributed by atoms with Gasteiger partial charge in [0.25, 0.3) is 0 Å². The summed E-state index contributed by atoms with van der Waals surface area (Å²) in [6.07, 6.45) is 0.541. The summed E-state index contributed by atoms with van der Waals surface area (Å²) in [6, 6.07) is 7.34. The Morgan fingerprint density at radius 2 is 1.90 bits per heavy atom. The van der Waals surface area contributed by atoms with E-state index in [0.29, 0.717) is 18.5 Å². The van der Waals surface area contributed by atoms with Gasteiger partial charge in [0.1, 0.15) is 0 Å². The standard InChI is InChI=1S/C16H23NO4/c1-11(2)16(21,10-15(19)20)9-8-13-6-4-5-7-14(13)17-12(3)18/h4-7,11,21H,8-10H2,1-3H3,(H,17,18)(H,19,20)/t16-/m0/s1. The highest BCUT2D eigenvalue weighted by Gasteiger charge is 2.33. The quantitative estimate of drug-likeness (QED) is 0.720. The summed E-state index contributed by atoms with van der Waals surface area (Å²) in [7, 11) is 0. The van der Waals surface area contributed by atoms with E-state index in [1.54, 1.807) is 6.07 Å². The summed E-state index contributed by atoms with van der Waals surface area (Å²) in [5.74, 6) is -1.34. The minimum Gasteiger partial charge on any atom is -0.481 e. The van der Waals surface area contributed by atoms with Gasteiger partial charge in [-0.2, -0.15) is 0 Å². The predicted octanol–water partition coefficient (Wildman–Crippen LogP) is 2.44. The zero-order valence-corrected chi connectivity index (χ0v) is 12.7. The Labute approximate surface area is 125 Å². The van der Waals surface area contributed by atoms with Crippen LogP contribution < -0.4 is 5.32 Å². The molecule has 0 saturated carbocycles. The first-order chi connectivity index (χ1) is 9.74. The first-order valence-corrected chi connectivity index (χ1v) is 7.04. The maximum absolute atomic E-state index is 11.2. The van der Waals surface area contributed by atoms with Crippen molar-refractivity contribution < 1.29 is 19.8 Å². The van der Waals surface area contributed by atoms with Gasteiger partial charge >= 0.3 is 5.97 Å². The molecule has 1 amide bonds. The average molecular weight is 293 g/mol. The van der Waals surface area contributed by atoms with E-state index in [1.807, 2.05) is 32.0 Å². The fourth-order valence-electron chi connectivity index (χ4n) is 2.24. The van der Waals surface area contributed by atoms with Crippen molar-refractivity contribution in [3.8, 4) is 0 Å². The average Bonchev–Trinajstić information content (AvgIpc) is 2.36. The molecular weight excluding hydrogens is 270 g/mol. The monoisotopic (exact) mass is 293 g/mol. The SMILES string of the molecule is CC(=O)Nc1ccccc1CC[C@](O)(CC(=O)O)C(C)C. The highest BCUT2D eigenvalue weighted by Crippen LogP contribution is 2.28. The molecule has 0 fully saturated rings. The highest BCUT2D eigenvalue weighted by atomic mass is 16.4. The summed E-state index contributed by atoms with van der Waals surface area (Å²) in [5, 5.41) is 22.2. The molecule has 1 aromatic carbocycles. The van der Waals surface area contributed by atoms with Crippen molar-refractivity contribution in [2.75, 3.05) is 5.32 Å². The van der Waals surface area contributed by atoms with E-state index in [9.17, 15) is 14.7 Å². The molecule has 0 aliphatic heterocycles. The number of hydrogen-bond acceptors (Lipinski definition) is 3. The molecule has 0 aromatic heterocycles. The number of carboxylic acids is 1. The van der Waals surface area contributed by atoms with Gasteiger partial charge in [0.15, 0.2) is 0 Å². The number of rotatable bonds is 7. The molecule has 1 aromatic rings. The number of carbonyl (C=O) groups excluding carboxylic acids is 1. The number of aryl methyl sites for hydroxylation is 1. The van der Waals surface area contributed by atoms with Crippen LogP contribution in [0.25, 0.3) is 0 Å². The van der Waals surface area contributed by atoms with Crippen LogP contribution in [0.1, 0.15) is 39.2 Å². The van der Waals surface area contributed by atoms with Gasteiger partial charge in [-0.3, -0.25) is 9.59 Å². The van der Waals surface area contributed by atoms with E-state index < -0.39 is 11.6 Å². The molecule has 0 saturated heterocycles. The maximum atomic E-state index is 11.2. The first kappa shape index (κ1) is 17.2. The molecule has 1 atom stereocenters. The number of aliphatic carboxylic acids is 1. The number of para-hydroxylation sites is 1. The molecule has 0 heterocycles. The molecule has 21 heavy (non-hydrogen) atoms. The number of benzene rings is 1. The number of aliphatic hydroxyl groups is 1. The molecule has 0 bridgehead atoms. The van der Waals surface area contributed by atoms with Gasteiger partial charge in [-0.05, 0) is 30.4 Å². The van der Waals surface area contributed by atoms with Crippen molar-refractivity contribution in [1.29, 1.82) is 0 Å². The fourth-order valence-corrected chi connectivity index (χ4v) is 2.24. The lowest BCUT2D eigenvalue weighted by molar-refractivity contribution is -0.145. The van der Waals surface area contributed by atoms with E-state index in [1.165, 1.54) is 6.92 Å². The van der Waals surface area contributed by atoms with Gasteiger partial charge in [0.2, 0.25) is 5.91 Å². The highest BCUT2D eigenvalue weighted by molar-refractivity contribution is 5.89. The largest absolute Gasteiger partial charge is 0.481 e. The number of hydrogen-bond donors (Lipinski definition) is 3. The molecular formula is C16H23NO4. The van der Waals surface area contributed by atoms with E-state index in [2.05, 4.69) is 5.32 Å². The topological polar surface area (TPSA) is 86.6 Å². The van der Waals surface area contributed by atoms with Crippen LogP contribution in [0.5, 0.6) is 0 Å². The molecule has 0 unspecified atom stereocenters. The lowest BCUT2D eigenvalue weighted by Gasteiger charge is -2.31. The third-order valence-corrected chi connectivity index (χ3v) is 3.69. The molecule has 0 spiro atoms. The Bertz CT molecular complexity index is 513. The van der Waals surface area contributed by atoms with Crippen LogP contribution >= 0.6 is 0 Å². The Morgan fingerprint density at radius 3 is 2.43 bits per heavy atom. The summed E-state index contributed by atoms with van der Waals surface area (Å²) in [4.78, 5) is 22.1. The second kappa shape index (κ2) is 7.22. The van der Waals surface area contributed by atoms with Crippen molar-refractivity contribution in [1.82, 2.24) is 0 Å². The third kappa shape index (κ3) is 5.19. The van der Waals surface area contributed by atoms with Crippen LogP contribution in [0, 0.1) is 5.92 Å². The second-order valence-corrected chi connectivity index (χ2v) is 5.67. The zero-order valence-electron chi connectivity index (χ0n) is 12.7. The molecule has 3 N–H and O–H groups in total. The zero-order chi connectivity index (χ0) is 16.0. The Balaban J connectivity index is 2.85. The number of amides is 1. The van der Waals surface area contributed by atoms with Gasteiger partial charge in [-0.25, -0.2) is 0 Å². The van der Waals surface area contributed by atoms with E-state index >= 15 is 0 Å². The predicted molar refractivity (Wildman–Crippen MR) is 81.1 cm³/mol. The van der Waals surface area contributed by atoms with Crippen molar-refractivity contribution in [3.63, 3.8) is 0 Å². The molecule has 5 heteroatoms. The smallest absolute Gasteiger partial charge is 0.306 e. The van der Waals surface area contributed by atoms with Crippen LogP contribution in [0.4, 0.5) is 5.69 Å². The summed E-state index contributed by atoms with van der Waals surface area (Å²) >= 11 is 0. The number of anilines is 1. The summed E-state index contributed by atoms with van der Waals surface area (Å²) < 4.78 is 0. The van der Waals surface area contributed by atoms with Crippen molar-refractivity contribution in [3.05, 3.63) is 29.8 Å². The maximum Gasteiger partial charge on any atom is 0.306 e. The molecule has 116 valence electrons. The van der Waals surface area contributed by atoms with Crippen LogP contribution in [-0.4, -0.2) is 27.7 Å². The van der Waals surface area contributed by atoms with Crippen molar-refractivity contribution in [2.24, 2.45) is 5.92 Å². The number of nitrogens with one attached hydrogen (secondary N) is 1. The van der Waals surface area contributed by atoms with Crippen molar-refractivity contribution in [2.45, 2.75) is 45.6 Å². The lowest BCUT2D eigenvalue weighted by Crippen LogP contribution is -2.38. The Hall–Kier alpha value is -1.88.